The molecule has 1 fully saturated rings. The number of carbonyl (C=O) groups excluding carboxylic acids is 2. The normalized spacial score (nSPS) is 14.6. The van der Waals surface area contributed by atoms with Crippen molar-refractivity contribution in [3.8, 4) is 0 Å². The van der Waals surface area contributed by atoms with Gasteiger partial charge >= 0.3 is 0 Å². The van der Waals surface area contributed by atoms with Crippen LogP contribution in [0.2, 0.25) is 0 Å². The fraction of sp³-hybridized carbons (Fsp3) is 0.300. The molecule has 0 radical (unpaired) electrons. The van der Waals surface area contributed by atoms with E-state index in [9.17, 15) is 18.0 Å². The van der Waals surface area contributed by atoms with Crippen LogP contribution in [0.15, 0.2) is 53.4 Å². The van der Waals surface area contributed by atoms with Gasteiger partial charge in [-0.05, 0) is 43.3 Å². The Labute approximate surface area is 165 Å². The Morgan fingerprint density at radius 3 is 2.11 bits per heavy atom. The number of nitrogens with zero attached hydrogens (tertiary/aromatic N) is 2. The molecule has 0 aromatic heterocycles. The maximum absolute atomic E-state index is 12.5. The Morgan fingerprint density at radius 2 is 1.54 bits per heavy atom. The summed E-state index contributed by atoms with van der Waals surface area (Å²) in [6, 6.07) is 13.8. The van der Waals surface area contributed by atoms with Gasteiger partial charge in [-0.1, -0.05) is 17.7 Å². The van der Waals surface area contributed by atoms with Gasteiger partial charge in [0, 0.05) is 38.7 Å². The van der Waals surface area contributed by atoms with Crippen LogP contribution in [0.25, 0.3) is 0 Å². The third-order valence-corrected chi connectivity index (χ3v) is 6.15. The molecule has 148 valence electrons. The Kier molecular flexibility index (Phi) is 5.81. The van der Waals surface area contributed by atoms with Gasteiger partial charge in [0.25, 0.3) is 0 Å². The molecular formula is C20H23N3O4S. The molecule has 0 unspecified atom stereocenters. The second-order valence-electron chi connectivity index (χ2n) is 6.77. The number of imide groups is 1. The zero-order valence-electron chi connectivity index (χ0n) is 15.9. The summed E-state index contributed by atoms with van der Waals surface area (Å²) in [6.07, 6.45) is 0.379. The first kappa shape index (κ1) is 20.0. The highest BCUT2D eigenvalue weighted by atomic mass is 32.2. The Bertz CT molecular complexity index is 954. The van der Waals surface area contributed by atoms with Gasteiger partial charge in [-0.25, -0.2) is 13.1 Å². The average molecular weight is 401 g/mol. The van der Waals surface area contributed by atoms with E-state index in [1.165, 1.54) is 29.8 Å². The minimum Gasteiger partial charge on any atom is -0.373 e. The molecule has 0 atom stereocenters. The van der Waals surface area contributed by atoms with Crippen LogP contribution in [0, 0.1) is 6.92 Å². The molecule has 1 N–H and O–H groups in total. The van der Waals surface area contributed by atoms with Crippen LogP contribution in [0.3, 0.4) is 0 Å². The van der Waals surface area contributed by atoms with Crippen LogP contribution in [0.5, 0.6) is 0 Å². The van der Waals surface area contributed by atoms with Crippen LogP contribution in [0.1, 0.15) is 18.4 Å². The molecule has 0 spiro atoms. The summed E-state index contributed by atoms with van der Waals surface area (Å²) in [5.74, 6) is -0.532. The molecule has 2 aromatic carbocycles. The number of hydrogen-bond acceptors (Lipinski definition) is 5. The second kappa shape index (κ2) is 8.12. The number of rotatable bonds is 7. The summed E-state index contributed by atoms with van der Waals surface area (Å²) in [4.78, 5) is 26.7. The lowest BCUT2D eigenvalue weighted by molar-refractivity contribution is -0.121. The Balaban J connectivity index is 1.60. The van der Waals surface area contributed by atoms with Gasteiger partial charge in [0.15, 0.2) is 0 Å². The average Bonchev–Trinajstić information content (AvgIpc) is 3.00. The third kappa shape index (κ3) is 4.40. The molecule has 0 aliphatic carbocycles. The van der Waals surface area contributed by atoms with Crippen molar-refractivity contribution < 1.29 is 18.0 Å². The van der Waals surface area contributed by atoms with E-state index in [-0.39, 0.29) is 36.1 Å². The molecule has 0 saturated carbocycles. The molecule has 28 heavy (non-hydrogen) atoms. The summed E-state index contributed by atoms with van der Waals surface area (Å²) in [5, 5.41) is 0. The van der Waals surface area contributed by atoms with Crippen molar-refractivity contribution in [1.29, 1.82) is 0 Å². The lowest BCUT2D eigenvalue weighted by Crippen LogP contribution is -2.33. The van der Waals surface area contributed by atoms with Gasteiger partial charge in [-0.3, -0.25) is 14.5 Å². The van der Waals surface area contributed by atoms with Gasteiger partial charge in [0.1, 0.15) is 0 Å². The van der Waals surface area contributed by atoms with Gasteiger partial charge in [0.2, 0.25) is 21.8 Å². The first-order valence-electron chi connectivity index (χ1n) is 9.01. The van der Waals surface area contributed by atoms with Crippen LogP contribution in [-0.4, -0.2) is 40.4 Å². The van der Waals surface area contributed by atoms with Crippen LogP contribution in [-0.2, 0) is 19.6 Å². The number of aryl methyl sites for hydroxylation is 1. The first-order valence-corrected chi connectivity index (χ1v) is 10.5. The number of benzene rings is 2. The molecule has 8 heteroatoms. The van der Waals surface area contributed by atoms with Crippen LogP contribution >= 0.6 is 0 Å². The minimum absolute atomic E-state index is 0.0910. The van der Waals surface area contributed by atoms with Crippen molar-refractivity contribution in [2.45, 2.75) is 24.7 Å². The Morgan fingerprint density at radius 1 is 0.964 bits per heavy atom. The molecule has 0 bridgehead atoms. The Hall–Kier alpha value is -2.71. The smallest absolute Gasteiger partial charge is 0.240 e. The zero-order valence-corrected chi connectivity index (χ0v) is 16.7. The van der Waals surface area contributed by atoms with Crippen molar-refractivity contribution in [1.82, 2.24) is 4.72 Å². The maximum atomic E-state index is 12.5. The molecule has 7 nitrogen and oxygen atoms in total. The van der Waals surface area contributed by atoms with Crippen LogP contribution in [0.4, 0.5) is 11.4 Å². The van der Waals surface area contributed by atoms with Crippen molar-refractivity contribution in [3.63, 3.8) is 0 Å². The first-order chi connectivity index (χ1) is 13.3. The maximum Gasteiger partial charge on any atom is 0.240 e. The number of carbonyl (C=O) groups is 2. The minimum atomic E-state index is -3.68. The predicted molar refractivity (Wildman–Crippen MR) is 108 cm³/mol. The molecule has 1 saturated heterocycles. The van der Waals surface area contributed by atoms with Crippen molar-refractivity contribution in [2.75, 3.05) is 29.9 Å². The van der Waals surface area contributed by atoms with Gasteiger partial charge in [0.05, 0.1) is 10.6 Å². The van der Waals surface area contributed by atoms with Gasteiger partial charge < -0.3 is 4.90 Å². The topological polar surface area (TPSA) is 86.8 Å². The largest absolute Gasteiger partial charge is 0.373 e. The summed E-state index contributed by atoms with van der Waals surface area (Å²) in [5.41, 5.74) is 2.57. The summed E-state index contributed by atoms with van der Waals surface area (Å²) < 4.78 is 27.5. The van der Waals surface area contributed by atoms with E-state index in [0.29, 0.717) is 12.2 Å². The number of sulfonamides is 1. The quantitative estimate of drug-likeness (QED) is 0.718. The SMILES string of the molecule is Cc1ccc(N(C)CCNS(=O)(=O)c2ccc(N3C(=O)CCC3=O)cc2)cc1. The highest BCUT2D eigenvalue weighted by molar-refractivity contribution is 7.89. The highest BCUT2D eigenvalue weighted by Gasteiger charge is 2.30. The standard InChI is InChI=1S/C20H23N3O4S/c1-15-3-5-16(6-4-15)22(2)14-13-21-28(26,27)18-9-7-17(8-10-18)23-19(24)11-12-20(23)25/h3-10,21H,11-14H2,1-2H3. The summed E-state index contributed by atoms with van der Waals surface area (Å²) in [6.45, 7) is 2.77. The number of hydrogen-bond donors (Lipinski definition) is 1. The van der Waals surface area contributed by atoms with Crippen LogP contribution < -0.4 is 14.5 Å². The molecular weight excluding hydrogens is 378 g/mol. The number of anilines is 2. The van der Waals surface area contributed by atoms with E-state index in [0.717, 1.165) is 10.6 Å². The zero-order chi connectivity index (χ0) is 20.3. The highest BCUT2D eigenvalue weighted by Crippen LogP contribution is 2.24. The predicted octanol–water partition coefficient (Wildman–Crippen LogP) is 2.06. The fourth-order valence-electron chi connectivity index (χ4n) is 3.00. The fourth-order valence-corrected chi connectivity index (χ4v) is 4.02. The third-order valence-electron chi connectivity index (χ3n) is 4.67. The lowest BCUT2D eigenvalue weighted by Gasteiger charge is -2.20. The van der Waals surface area contributed by atoms with Crippen molar-refractivity contribution in [2.24, 2.45) is 0 Å². The van der Waals surface area contributed by atoms with E-state index in [4.69, 9.17) is 0 Å². The van der Waals surface area contributed by atoms with Gasteiger partial charge in [-0.15, -0.1) is 0 Å². The van der Waals surface area contributed by atoms with E-state index in [1.54, 1.807) is 0 Å². The number of likely N-dealkylation sites (N-methyl/N-ethyl adjacent to an activating group) is 1. The summed E-state index contributed by atoms with van der Waals surface area (Å²) >= 11 is 0. The van der Waals surface area contributed by atoms with E-state index in [2.05, 4.69) is 4.72 Å². The second-order valence-corrected chi connectivity index (χ2v) is 8.54. The van der Waals surface area contributed by atoms with Gasteiger partial charge in [-0.2, -0.15) is 0 Å². The number of nitrogens with one attached hydrogen (secondary N) is 1. The number of amides is 2. The molecule has 3 rings (SSSR count). The molecule has 1 aliphatic heterocycles. The van der Waals surface area contributed by atoms with E-state index >= 15 is 0 Å². The van der Waals surface area contributed by atoms with Crippen molar-refractivity contribution in [3.05, 3.63) is 54.1 Å². The molecule has 1 aliphatic rings. The molecule has 1 heterocycles. The van der Waals surface area contributed by atoms with E-state index in [1.807, 2.05) is 43.1 Å². The lowest BCUT2D eigenvalue weighted by atomic mass is 10.2. The van der Waals surface area contributed by atoms with Crippen molar-refractivity contribution >= 4 is 33.2 Å². The summed E-state index contributed by atoms with van der Waals surface area (Å²) in [7, 11) is -1.78. The van der Waals surface area contributed by atoms with E-state index < -0.39 is 10.0 Å². The molecule has 2 amide bonds. The monoisotopic (exact) mass is 401 g/mol. The molecule has 2 aromatic rings.